The van der Waals surface area contributed by atoms with Gasteiger partial charge in [-0.3, -0.25) is 4.90 Å². The van der Waals surface area contributed by atoms with E-state index in [1.54, 1.807) is 6.07 Å². The Morgan fingerprint density at radius 1 is 1.38 bits per heavy atom. The van der Waals surface area contributed by atoms with Crippen LogP contribution in [-0.4, -0.2) is 18.0 Å². The van der Waals surface area contributed by atoms with E-state index in [2.05, 4.69) is 27.9 Å². The van der Waals surface area contributed by atoms with Crippen LogP contribution in [0.3, 0.4) is 0 Å². The van der Waals surface area contributed by atoms with Crippen LogP contribution < -0.4 is 0 Å². The smallest absolute Gasteiger partial charge is 0.137 e. The SMILES string of the molecule is CN(Cc1cccc(F)c1Br)C1CCCC1. The molecule has 0 radical (unpaired) electrons. The van der Waals surface area contributed by atoms with Gasteiger partial charge in [-0.25, -0.2) is 4.39 Å². The van der Waals surface area contributed by atoms with E-state index in [1.165, 1.54) is 31.7 Å². The molecule has 0 heterocycles. The lowest BCUT2D eigenvalue weighted by molar-refractivity contribution is 0.236. The predicted octanol–water partition coefficient (Wildman–Crippen LogP) is 3.96. The maximum atomic E-state index is 13.3. The van der Waals surface area contributed by atoms with Crippen molar-refractivity contribution in [2.75, 3.05) is 7.05 Å². The van der Waals surface area contributed by atoms with Crippen molar-refractivity contribution in [1.82, 2.24) is 4.90 Å². The highest BCUT2D eigenvalue weighted by Crippen LogP contribution is 2.26. The topological polar surface area (TPSA) is 3.24 Å². The van der Waals surface area contributed by atoms with Gasteiger partial charge in [-0.05, 0) is 47.4 Å². The van der Waals surface area contributed by atoms with Crippen LogP contribution >= 0.6 is 15.9 Å². The molecule has 1 aromatic rings. The Hall–Kier alpha value is -0.410. The predicted molar refractivity (Wildman–Crippen MR) is 67.8 cm³/mol. The van der Waals surface area contributed by atoms with Gasteiger partial charge in [-0.2, -0.15) is 0 Å². The van der Waals surface area contributed by atoms with Crippen LogP contribution in [0.2, 0.25) is 0 Å². The molecule has 0 saturated heterocycles. The average Bonchev–Trinajstić information content (AvgIpc) is 2.78. The molecule has 1 fully saturated rings. The summed E-state index contributed by atoms with van der Waals surface area (Å²) >= 11 is 3.32. The third-order valence-electron chi connectivity index (χ3n) is 3.40. The van der Waals surface area contributed by atoms with Gasteiger partial charge >= 0.3 is 0 Å². The van der Waals surface area contributed by atoms with Crippen LogP contribution in [0.5, 0.6) is 0 Å². The molecule has 0 atom stereocenters. The third-order valence-corrected chi connectivity index (χ3v) is 4.29. The highest BCUT2D eigenvalue weighted by Gasteiger charge is 2.20. The second-order valence-electron chi connectivity index (χ2n) is 4.57. The van der Waals surface area contributed by atoms with Crippen LogP contribution in [0.25, 0.3) is 0 Å². The van der Waals surface area contributed by atoms with Crippen molar-refractivity contribution >= 4 is 15.9 Å². The lowest BCUT2D eigenvalue weighted by atomic mass is 10.1. The maximum Gasteiger partial charge on any atom is 0.137 e. The van der Waals surface area contributed by atoms with Crippen molar-refractivity contribution in [1.29, 1.82) is 0 Å². The Bertz CT molecular complexity index is 361. The molecule has 16 heavy (non-hydrogen) atoms. The summed E-state index contributed by atoms with van der Waals surface area (Å²) in [5.74, 6) is -0.169. The Labute approximate surface area is 105 Å². The van der Waals surface area contributed by atoms with E-state index in [0.717, 1.165) is 12.1 Å². The summed E-state index contributed by atoms with van der Waals surface area (Å²) in [6, 6.07) is 5.93. The first-order chi connectivity index (χ1) is 7.68. The lowest BCUT2D eigenvalue weighted by Gasteiger charge is -2.24. The summed E-state index contributed by atoms with van der Waals surface area (Å²) in [6.45, 7) is 0.822. The quantitative estimate of drug-likeness (QED) is 0.813. The summed E-state index contributed by atoms with van der Waals surface area (Å²) < 4.78 is 14.0. The van der Waals surface area contributed by atoms with Gasteiger partial charge in [0, 0.05) is 12.6 Å². The largest absolute Gasteiger partial charge is 0.299 e. The molecule has 0 N–H and O–H groups in total. The molecule has 3 heteroatoms. The van der Waals surface area contributed by atoms with E-state index in [1.807, 2.05) is 6.07 Å². The Kier molecular flexibility index (Phi) is 3.98. The Balaban J connectivity index is 2.05. The number of nitrogens with zero attached hydrogens (tertiary/aromatic N) is 1. The van der Waals surface area contributed by atoms with Gasteiger partial charge in [0.05, 0.1) is 4.47 Å². The molecule has 1 aliphatic carbocycles. The molecule has 0 aromatic heterocycles. The lowest BCUT2D eigenvalue weighted by Crippen LogP contribution is -2.28. The maximum absolute atomic E-state index is 13.3. The number of hydrogen-bond donors (Lipinski definition) is 0. The van der Waals surface area contributed by atoms with Crippen LogP contribution in [0.4, 0.5) is 4.39 Å². The van der Waals surface area contributed by atoms with Gasteiger partial charge in [-0.15, -0.1) is 0 Å². The van der Waals surface area contributed by atoms with Crippen molar-refractivity contribution in [2.45, 2.75) is 38.3 Å². The summed E-state index contributed by atoms with van der Waals surface area (Å²) in [5.41, 5.74) is 1.04. The monoisotopic (exact) mass is 285 g/mol. The van der Waals surface area contributed by atoms with Crippen molar-refractivity contribution in [2.24, 2.45) is 0 Å². The molecule has 1 aliphatic rings. The summed E-state index contributed by atoms with van der Waals surface area (Å²) in [6.07, 6.45) is 5.23. The second-order valence-corrected chi connectivity index (χ2v) is 5.36. The molecule has 0 amide bonds. The van der Waals surface area contributed by atoms with Crippen LogP contribution in [0.1, 0.15) is 31.2 Å². The summed E-state index contributed by atoms with van der Waals surface area (Å²) in [5, 5.41) is 0. The number of benzene rings is 1. The zero-order chi connectivity index (χ0) is 11.5. The van der Waals surface area contributed by atoms with E-state index < -0.39 is 0 Å². The van der Waals surface area contributed by atoms with Gasteiger partial charge in [0.1, 0.15) is 5.82 Å². The molecule has 0 spiro atoms. The zero-order valence-electron chi connectivity index (χ0n) is 9.55. The molecule has 2 rings (SSSR count). The Morgan fingerprint density at radius 3 is 2.75 bits per heavy atom. The molecule has 88 valence electrons. The normalized spacial score (nSPS) is 17.2. The number of hydrogen-bond acceptors (Lipinski definition) is 1. The van der Waals surface area contributed by atoms with E-state index in [9.17, 15) is 4.39 Å². The first kappa shape index (κ1) is 12.1. The molecule has 0 aliphatic heterocycles. The molecular formula is C13H17BrFN. The van der Waals surface area contributed by atoms with E-state index in [0.29, 0.717) is 10.5 Å². The standard InChI is InChI=1S/C13H17BrFN/c1-16(11-6-2-3-7-11)9-10-5-4-8-12(15)13(10)14/h4-5,8,11H,2-3,6-7,9H2,1H3. The highest BCUT2D eigenvalue weighted by atomic mass is 79.9. The molecular weight excluding hydrogens is 269 g/mol. The van der Waals surface area contributed by atoms with Crippen molar-refractivity contribution < 1.29 is 4.39 Å². The molecule has 1 saturated carbocycles. The first-order valence-corrected chi connectivity index (χ1v) is 6.61. The van der Waals surface area contributed by atoms with Gasteiger partial charge in [-0.1, -0.05) is 25.0 Å². The molecule has 1 aromatic carbocycles. The number of halogens is 2. The van der Waals surface area contributed by atoms with Gasteiger partial charge in [0.15, 0.2) is 0 Å². The Morgan fingerprint density at radius 2 is 2.06 bits per heavy atom. The van der Waals surface area contributed by atoms with E-state index in [4.69, 9.17) is 0 Å². The summed E-state index contributed by atoms with van der Waals surface area (Å²) in [7, 11) is 2.13. The first-order valence-electron chi connectivity index (χ1n) is 5.81. The van der Waals surface area contributed by atoms with Gasteiger partial charge < -0.3 is 0 Å². The summed E-state index contributed by atoms with van der Waals surface area (Å²) in [4.78, 5) is 2.34. The molecule has 1 nitrogen and oxygen atoms in total. The van der Waals surface area contributed by atoms with Crippen LogP contribution in [-0.2, 0) is 6.54 Å². The molecule has 0 bridgehead atoms. The fourth-order valence-corrected chi connectivity index (χ4v) is 2.80. The second kappa shape index (κ2) is 5.28. The van der Waals surface area contributed by atoms with E-state index in [-0.39, 0.29) is 5.82 Å². The van der Waals surface area contributed by atoms with Crippen LogP contribution in [0, 0.1) is 5.82 Å². The van der Waals surface area contributed by atoms with Gasteiger partial charge in [0.25, 0.3) is 0 Å². The average molecular weight is 286 g/mol. The minimum Gasteiger partial charge on any atom is -0.299 e. The fraction of sp³-hybridized carbons (Fsp3) is 0.538. The minimum absolute atomic E-state index is 0.169. The minimum atomic E-state index is -0.169. The van der Waals surface area contributed by atoms with Crippen molar-refractivity contribution in [3.63, 3.8) is 0 Å². The highest BCUT2D eigenvalue weighted by molar-refractivity contribution is 9.10. The van der Waals surface area contributed by atoms with Crippen molar-refractivity contribution in [3.8, 4) is 0 Å². The molecule has 0 unspecified atom stereocenters. The fourth-order valence-electron chi connectivity index (χ4n) is 2.41. The van der Waals surface area contributed by atoms with Crippen molar-refractivity contribution in [3.05, 3.63) is 34.1 Å². The third kappa shape index (κ3) is 2.64. The number of rotatable bonds is 3. The zero-order valence-corrected chi connectivity index (χ0v) is 11.1. The van der Waals surface area contributed by atoms with Crippen LogP contribution in [0.15, 0.2) is 22.7 Å². The van der Waals surface area contributed by atoms with Gasteiger partial charge in [0.2, 0.25) is 0 Å². The van der Waals surface area contributed by atoms with E-state index >= 15 is 0 Å².